The lowest BCUT2D eigenvalue weighted by molar-refractivity contribution is 0.542. The molecule has 5 aromatic rings. The first-order valence-corrected chi connectivity index (χ1v) is 12.1. The number of nitrogens with zero attached hydrogens (tertiary/aromatic N) is 2. The molecule has 0 saturated carbocycles. The van der Waals surface area contributed by atoms with Gasteiger partial charge < -0.3 is 9.30 Å². The minimum Gasteiger partial charge on any atom is -0.330 e. The van der Waals surface area contributed by atoms with Crippen LogP contribution in [-0.2, 0) is 0 Å². The summed E-state index contributed by atoms with van der Waals surface area (Å²) in [6.45, 7) is 2.47. The molecule has 156 valence electrons. The van der Waals surface area contributed by atoms with Crippen molar-refractivity contribution in [1.29, 1.82) is 0 Å². The van der Waals surface area contributed by atoms with Gasteiger partial charge in [0.25, 0.3) is 0 Å². The van der Waals surface area contributed by atoms with Gasteiger partial charge in [0.1, 0.15) is 0 Å². The Balaban J connectivity index is 1.56. The molecule has 2 aliphatic carbocycles. The molecule has 1 saturated heterocycles. The van der Waals surface area contributed by atoms with Crippen LogP contribution in [0, 0.1) is 5.92 Å². The Morgan fingerprint density at radius 2 is 1.64 bits per heavy atom. The first kappa shape index (κ1) is 16.8. The Hall–Kier alpha value is -3.78. The second-order valence-electron chi connectivity index (χ2n) is 10.2. The lowest BCUT2D eigenvalue weighted by Crippen LogP contribution is -2.42. The molecule has 0 N–H and O–H groups in total. The van der Waals surface area contributed by atoms with Crippen LogP contribution in [0.25, 0.3) is 43.7 Å². The minimum atomic E-state index is -0.0490. The van der Waals surface area contributed by atoms with E-state index in [1.165, 1.54) is 66.2 Å². The van der Waals surface area contributed by atoms with Crippen molar-refractivity contribution in [3.63, 3.8) is 0 Å². The van der Waals surface area contributed by atoms with E-state index < -0.39 is 0 Å². The molecule has 0 spiro atoms. The molecular formula is C31H22N2. The molecule has 4 heterocycles. The average molecular weight is 423 g/mol. The number of anilines is 1. The van der Waals surface area contributed by atoms with Gasteiger partial charge in [-0.1, -0.05) is 66.8 Å². The molecule has 33 heavy (non-hydrogen) atoms. The van der Waals surface area contributed by atoms with Crippen LogP contribution in [0.15, 0.2) is 96.2 Å². The highest BCUT2D eigenvalue weighted by Gasteiger charge is 2.58. The van der Waals surface area contributed by atoms with E-state index in [4.69, 9.17) is 0 Å². The summed E-state index contributed by atoms with van der Waals surface area (Å²) >= 11 is 0. The van der Waals surface area contributed by atoms with Gasteiger partial charge in [0.05, 0.1) is 27.8 Å². The van der Waals surface area contributed by atoms with Crippen molar-refractivity contribution in [2.75, 3.05) is 4.90 Å². The van der Waals surface area contributed by atoms with Crippen molar-refractivity contribution in [2.24, 2.45) is 5.92 Å². The van der Waals surface area contributed by atoms with Gasteiger partial charge in [-0.15, -0.1) is 0 Å². The zero-order valence-corrected chi connectivity index (χ0v) is 18.5. The normalized spacial score (nSPS) is 25.1. The molecule has 0 bridgehead atoms. The van der Waals surface area contributed by atoms with Gasteiger partial charge in [-0.05, 0) is 49.1 Å². The maximum atomic E-state index is 2.69. The summed E-state index contributed by atoms with van der Waals surface area (Å²) in [6.07, 6.45) is 14.4. The highest BCUT2D eigenvalue weighted by atomic mass is 15.3. The second kappa shape index (κ2) is 5.23. The fraction of sp³-hybridized carbons (Fsp3) is 0.161. The number of allylic oxidation sites excluding steroid dienone is 5. The molecule has 2 nitrogen and oxygen atoms in total. The molecule has 2 aliphatic heterocycles. The third kappa shape index (κ3) is 1.63. The van der Waals surface area contributed by atoms with E-state index in [-0.39, 0.29) is 5.54 Å². The van der Waals surface area contributed by atoms with Crippen LogP contribution in [0.3, 0.4) is 0 Å². The zero-order valence-electron chi connectivity index (χ0n) is 18.5. The Kier molecular flexibility index (Phi) is 2.66. The Morgan fingerprint density at radius 3 is 2.52 bits per heavy atom. The highest BCUT2D eigenvalue weighted by Crippen LogP contribution is 2.64. The number of rotatable bonds is 0. The zero-order chi connectivity index (χ0) is 21.5. The summed E-state index contributed by atoms with van der Waals surface area (Å²) in [5, 5.41) is 5.51. The van der Waals surface area contributed by atoms with Crippen molar-refractivity contribution >= 4 is 49.4 Å². The quantitative estimate of drug-likeness (QED) is 0.249. The minimum absolute atomic E-state index is 0.0490. The fourth-order valence-electron chi connectivity index (χ4n) is 7.56. The van der Waals surface area contributed by atoms with Crippen LogP contribution < -0.4 is 4.90 Å². The predicted octanol–water partition coefficient (Wildman–Crippen LogP) is 7.60. The van der Waals surface area contributed by atoms with Gasteiger partial charge in [0, 0.05) is 38.7 Å². The van der Waals surface area contributed by atoms with E-state index in [2.05, 4.69) is 101 Å². The maximum Gasteiger partial charge on any atom is 0.0785 e. The number of para-hydroxylation sites is 2. The number of aromatic nitrogens is 1. The molecule has 1 fully saturated rings. The highest BCUT2D eigenvalue weighted by molar-refractivity contribution is 6.29. The van der Waals surface area contributed by atoms with Crippen molar-refractivity contribution in [3.05, 3.63) is 102 Å². The number of fused-ring (bicyclic) bond motifs is 13. The van der Waals surface area contributed by atoms with Crippen LogP contribution in [-0.4, -0.2) is 9.94 Å². The van der Waals surface area contributed by atoms with Gasteiger partial charge in [0.15, 0.2) is 0 Å². The van der Waals surface area contributed by atoms with Crippen LogP contribution >= 0.6 is 0 Å². The molecule has 4 aliphatic rings. The molecule has 3 aromatic carbocycles. The summed E-state index contributed by atoms with van der Waals surface area (Å²) in [4.78, 5) is 2.69. The molecule has 0 amide bonds. The van der Waals surface area contributed by atoms with Gasteiger partial charge in [-0.2, -0.15) is 0 Å². The Bertz CT molecular complexity index is 1840. The standard InChI is InChI=1S/C31H22N2/c1-31-22-12-8-13-23(31)29-27(33(31)26-16-7-3-10-19(22)26)17-21-18-9-2-5-14-24(18)32-25-15-6-4-11-20(25)28(29)30(21)32/h2,4-6,8-17,22H,3,7H2,1H3. The second-order valence-corrected chi connectivity index (χ2v) is 10.2. The number of benzene rings is 3. The van der Waals surface area contributed by atoms with Crippen LogP contribution in [0.1, 0.15) is 25.3 Å². The third-order valence-electron chi connectivity index (χ3n) is 8.78. The van der Waals surface area contributed by atoms with Crippen LogP contribution in [0.2, 0.25) is 0 Å². The first-order valence-electron chi connectivity index (χ1n) is 12.1. The topological polar surface area (TPSA) is 7.65 Å². The first-order chi connectivity index (χ1) is 16.3. The van der Waals surface area contributed by atoms with Crippen LogP contribution in [0.5, 0.6) is 0 Å². The van der Waals surface area contributed by atoms with Crippen molar-refractivity contribution in [2.45, 2.75) is 25.3 Å². The van der Waals surface area contributed by atoms with Gasteiger partial charge >= 0.3 is 0 Å². The Labute approximate surface area is 191 Å². The maximum absolute atomic E-state index is 2.69. The van der Waals surface area contributed by atoms with E-state index in [0.717, 1.165) is 12.8 Å². The molecule has 0 radical (unpaired) electrons. The number of hydrogen-bond donors (Lipinski definition) is 0. The smallest absolute Gasteiger partial charge is 0.0785 e. The monoisotopic (exact) mass is 422 g/mol. The molecule has 2 atom stereocenters. The van der Waals surface area contributed by atoms with Gasteiger partial charge in [0.2, 0.25) is 0 Å². The molecule has 2 heteroatoms. The summed E-state index contributed by atoms with van der Waals surface area (Å²) in [6, 6.07) is 20.4. The van der Waals surface area contributed by atoms with E-state index in [9.17, 15) is 0 Å². The number of hydrogen-bond acceptors (Lipinski definition) is 1. The SMILES string of the molecule is CC12C3=CC=CC1C1=CCCC=C1N2c1cc2c4ccccc4n4c5ccccc5c(c13)c24. The molecular weight excluding hydrogens is 400 g/mol. The summed E-state index contributed by atoms with van der Waals surface area (Å²) in [5.74, 6) is 0.415. The summed E-state index contributed by atoms with van der Waals surface area (Å²) < 4.78 is 2.50. The molecule has 9 rings (SSSR count). The van der Waals surface area contributed by atoms with E-state index in [0.29, 0.717) is 5.92 Å². The lowest BCUT2D eigenvalue weighted by Gasteiger charge is -2.36. The van der Waals surface area contributed by atoms with Crippen LogP contribution in [0.4, 0.5) is 5.69 Å². The summed E-state index contributed by atoms with van der Waals surface area (Å²) in [5.41, 5.74) is 11.2. The fourth-order valence-corrected chi connectivity index (χ4v) is 7.56. The van der Waals surface area contributed by atoms with Crippen molar-refractivity contribution in [1.82, 2.24) is 4.40 Å². The van der Waals surface area contributed by atoms with Crippen molar-refractivity contribution < 1.29 is 0 Å². The van der Waals surface area contributed by atoms with Gasteiger partial charge in [-0.25, -0.2) is 0 Å². The molecule has 2 aromatic heterocycles. The summed E-state index contributed by atoms with van der Waals surface area (Å²) in [7, 11) is 0. The lowest BCUT2D eigenvalue weighted by atomic mass is 9.74. The van der Waals surface area contributed by atoms with Gasteiger partial charge in [-0.3, -0.25) is 0 Å². The van der Waals surface area contributed by atoms with E-state index in [1.807, 2.05) is 0 Å². The predicted molar refractivity (Wildman–Crippen MR) is 138 cm³/mol. The van der Waals surface area contributed by atoms with Crippen molar-refractivity contribution in [3.8, 4) is 0 Å². The Morgan fingerprint density at radius 1 is 0.879 bits per heavy atom. The largest absolute Gasteiger partial charge is 0.330 e. The van der Waals surface area contributed by atoms with E-state index >= 15 is 0 Å². The molecule has 2 unspecified atom stereocenters. The third-order valence-corrected chi connectivity index (χ3v) is 8.78. The van der Waals surface area contributed by atoms with E-state index in [1.54, 1.807) is 0 Å². The average Bonchev–Trinajstić information content (AvgIpc) is 3.52.